The lowest BCUT2D eigenvalue weighted by atomic mass is 9.99. The molecule has 1 heterocycles. The molecule has 0 aliphatic rings. The molecule has 1 atom stereocenters. The summed E-state index contributed by atoms with van der Waals surface area (Å²) in [6, 6.07) is 10.4. The predicted molar refractivity (Wildman–Crippen MR) is 88.4 cm³/mol. The van der Waals surface area contributed by atoms with Crippen LogP contribution in [0.15, 0.2) is 39.2 Å². The summed E-state index contributed by atoms with van der Waals surface area (Å²) in [7, 11) is 1.67. The Balaban J connectivity index is 2.32. The number of aryl methyl sites for hydroxylation is 1. The molecule has 21 heavy (non-hydrogen) atoms. The lowest BCUT2D eigenvalue weighted by Gasteiger charge is -2.19. The molecule has 1 unspecified atom stereocenters. The summed E-state index contributed by atoms with van der Waals surface area (Å²) in [5.41, 5.74) is 2.48. The summed E-state index contributed by atoms with van der Waals surface area (Å²) in [5.74, 6) is 1.78. The Morgan fingerprint density at radius 2 is 2.10 bits per heavy atom. The number of methoxy groups -OCH3 is 1. The van der Waals surface area contributed by atoms with Crippen molar-refractivity contribution in [1.82, 2.24) is 5.32 Å². The molecule has 0 fully saturated rings. The number of benzene rings is 1. The Hall–Kier alpha value is -1.10. The molecule has 0 aliphatic heterocycles. The fourth-order valence-corrected chi connectivity index (χ4v) is 2.86. The Kier molecular flexibility index (Phi) is 6.03. The molecular formula is C17H22BrNO2. The van der Waals surface area contributed by atoms with E-state index >= 15 is 0 Å². The van der Waals surface area contributed by atoms with E-state index < -0.39 is 0 Å². The van der Waals surface area contributed by atoms with E-state index in [1.807, 2.05) is 12.1 Å². The quantitative estimate of drug-likeness (QED) is 0.792. The molecule has 0 aliphatic carbocycles. The highest BCUT2D eigenvalue weighted by Crippen LogP contribution is 2.28. The first kappa shape index (κ1) is 16.3. The number of furan rings is 1. The Morgan fingerprint density at radius 3 is 2.76 bits per heavy atom. The monoisotopic (exact) mass is 351 g/mol. The molecule has 4 heteroatoms. The van der Waals surface area contributed by atoms with Gasteiger partial charge in [0, 0.05) is 11.6 Å². The van der Waals surface area contributed by atoms with Gasteiger partial charge in [-0.3, -0.25) is 0 Å². The van der Waals surface area contributed by atoms with E-state index in [-0.39, 0.29) is 6.04 Å². The predicted octanol–water partition coefficient (Wildman–Crippen LogP) is 4.59. The van der Waals surface area contributed by atoms with Crippen molar-refractivity contribution >= 4 is 15.9 Å². The third kappa shape index (κ3) is 4.19. The number of rotatable bonds is 7. The van der Waals surface area contributed by atoms with Gasteiger partial charge in [0.1, 0.15) is 18.1 Å². The van der Waals surface area contributed by atoms with Gasteiger partial charge in [0.05, 0.1) is 6.04 Å². The molecule has 0 spiro atoms. The Labute approximate surface area is 134 Å². The number of halogens is 1. The van der Waals surface area contributed by atoms with Crippen LogP contribution in [0, 0.1) is 6.92 Å². The van der Waals surface area contributed by atoms with Crippen LogP contribution in [0.2, 0.25) is 0 Å². The molecule has 1 aromatic heterocycles. The summed E-state index contributed by atoms with van der Waals surface area (Å²) in [6.07, 6.45) is 1.08. The summed E-state index contributed by atoms with van der Waals surface area (Å²) < 4.78 is 12.1. The fraction of sp³-hybridized carbons (Fsp3) is 0.412. The van der Waals surface area contributed by atoms with Gasteiger partial charge in [0.25, 0.3) is 0 Å². The van der Waals surface area contributed by atoms with Crippen molar-refractivity contribution in [2.24, 2.45) is 0 Å². The van der Waals surface area contributed by atoms with E-state index in [4.69, 9.17) is 9.15 Å². The van der Waals surface area contributed by atoms with Gasteiger partial charge in [-0.2, -0.15) is 0 Å². The van der Waals surface area contributed by atoms with Gasteiger partial charge in [0.15, 0.2) is 0 Å². The maximum absolute atomic E-state index is 5.92. The Bertz CT molecular complexity index is 580. The van der Waals surface area contributed by atoms with E-state index in [0.717, 1.165) is 29.0 Å². The molecule has 2 aromatic rings. The van der Waals surface area contributed by atoms with Crippen LogP contribution in [-0.4, -0.2) is 13.7 Å². The van der Waals surface area contributed by atoms with Gasteiger partial charge < -0.3 is 14.5 Å². The van der Waals surface area contributed by atoms with Gasteiger partial charge >= 0.3 is 0 Å². The number of hydrogen-bond donors (Lipinski definition) is 1. The standard InChI is InChI=1S/C17H22BrNO2/c1-4-9-19-17(15-7-5-13(18)10-12(15)2)16-8-6-14(21-16)11-20-3/h5-8,10,17,19H,4,9,11H2,1-3H3. The average Bonchev–Trinajstić information content (AvgIpc) is 2.90. The molecule has 0 saturated heterocycles. The first-order valence-corrected chi connectivity index (χ1v) is 8.02. The number of nitrogens with one attached hydrogen (secondary N) is 1. The third-order valence-corrected chi connectivity index (χ3v) is 3.89. The molecule has 0 saturated carbocycles. The van der Waals surface area contributed by atoms with Gasteiger partial charge in [0.2, 0.25) is 0 Å². The maximum Gasteiger partial charge on any atom is 0.129 e. The lowest BCUT2D eigenvalue weighted by molar-refractivity contribution is 0.162. The highest BCUT2D eigenvalue weighted by molar-refractivity contribution is 9.10. The number of ether oxygens (including phenoxy) is 1. The van der Waals surface area contributed by atoms with Crippen molar-refractivity contribution in [1.29, 1.82) is 0 Å². The van der Waals surface area contributed by atoms with E-state index in [1.54, 1.807) is 7.11 Å². The SMILES string of the molecule is CCCNC(c1ccc(COC)o1)c1ccc(Br)cc1C. The third-order valence-electron chi connectivity index (χ3n) is 3.39. The van der Waals surface area contributed by atoms with Gasteiger partial charge in [-0.05, 0) is 55.3 Å². The molecule has 0 radical (unpaired) electrons. The largest absolute Gasteiger partial charge is 0.462 e. The second-order valence-electron chi connectivity index (χ2n) is 5.13. The van der Waals surface area contributed by atoms with Crippen LogP contribution in [0.4, 0.5) is 0 Å². The molecular weight excluding hydrogens is 330 g/mol. The summed E-state index contributed by atoms with van der Waals surface area (Å²) in [5, 5.41) is 3.57. The molecule has 2 rings (SSSR count). The van der Waals surface area contributed by atoms with Crippen LogP contribution >= 0.6 is 15.9 Å². The molecule has 114 valence electrons. The highest BCUT2D eigenvalue weighted by Gasteiger charge is 2.19. The average molecular weight is 352 g/mol. The van der Waals surface area contributed by atoms with Gasteiger partial charge in [-0.1, -0.05) is 28.9 Å². The van der Waals surface area contributed by atoms with E-state index in [2.05, 4.69) is 53.3 Å². The minimum Gasteiger partial charge on any atom is -0.462 e. The van der Waals surface area contributed by atoms with Crippen LogP contribution in [-0.2, 0) is 11.3 Å². The lowest BCUT2D eigenvalue weighted by Crippen LogP contribution is -2.23. The van der Waals surface area contributed by atoms with Crippen molar-refractivity contribution in [3.63, 3.8) is 0 Å². The van der Waals surface area contributed by atoms with Crippen molar-refractivity contribution < 1.29 is 9.15 Å². The van der Waals surface area contributed by atoms with Crippen molar-refractivity contribution in [2.75, 3.05) is 13.7 Å². The smallest absolute Gasteiger partial charge is 0.129 e. The summed E-state index contributed by atoms with van der Waals surface area (Å²) >= 11 is 3.52. The zero-order valence-electron chi connectivity index (χ0n) is 12.8. The van der Waals surface area contributed by atoms with Crippen LogP contribution in [0.1, 0.15) is 42.0 Å². The van der Waals surface area contributed by atoms with Crippen LogP contribution in [0.5, 0.6) is 0 Å². The molecule has 1 aromatic carbocycles. The zero-order valence-corrected chi connectivity index (χ0v) is 14.4. The van der Waals surface area contributed by atoms with Gasteiger partial charge in [-0.15, -0.1) is 0 Å². The molecule has 3 nitrogen and oxygen atoms in total. The van der Waals surface area contributed by atoms with Crippen LogP contribution < -0.4 is 5.32 Å². The molecule has 1 N–H and O–H groups in total. The van der Waals surface area contributed by atoms with Crippen molar-refractivity contribution in [3.8, 4) is 0 Å². The zero-order chi connectivity index (χ0) is 15.2. The molecule has 0 amide bonds. The summed E-state index contributed by atoms with van der Waals surface area (Å²) in [6.45, 7) is 5.73. The van der Waals surface area contributed by atoms with Crippen LogP contribution in [0.3, 0.4) is 0 Å². The Morgan fingerprint density at radius 1 is 1.29 bits per heavy atom. The van der Waals surface area contributed by atoms with E-state index in [9.17, 15) is 0 Å². The van der Waals surface area contributed by atoms with E-state index in [1.165, 1.54) is 11.1 Å². The fourth-order valence-electron chi connectivity index (χ4n) is 2.38. The highest BCUT2D eigenvalue weighted by atomic mass is 79.9. The number of hydrogen-bond acceptors (Lipinski definition) is 3. The van der Waals surface area contributed by atoms with E-state index in [0.29, 0.717) is 6.61 Å². The maximum atomic E-state index is 5.92. The topological polar surface area (TPSA) is 34.4 Å². The minimum atomic E-state index is 0.0728. The minimum absolute atomic E-state index is 0.0728. The van der Waals surface area contributed by atoms with Crippen molar-refractivity contribution in [2.45, 2.75) is 32.9 Å². The molecule has 0 bridgehead atoms. The normalized spacial score (nSPS) is 12.6. The second-order valence-corrected chi connectivity index (χ2v) is 6.04. The first-order chi connectivity index (χ1) is 10.2. The first-order valence-electron chi connectivity index (χ1n) is 7.22. The second kappa shape index (κ2) is 7.78. The van der Waals surface area contributed by atoms with Crippen LogP contribution in [0.25, 0.3) is 0 Å². The van der Waals surface area contributed by atoms with Crippen molar-refractivity contribution in [3.05, 3.63) is 57.5 Å². The van der Waals surface area contributed by atoms with Gasteiger partial charge in [-0.25, -0.2) is 0 Å². The summed E-state index contributed by atoms with van der Waals surface area (Å²) in [4.78, 5) is 0.